The molecule has 0 N–H and O–H groups in total. The lowest BCUT2D eigenvalue weighted by Crippen LogP contribution is -2.56. The van der Waals surface area contributed by atoms with Gasteiger partial charge in [-0.25, -0.2) is 0 Å². The summed E-state index contributed by atoms with van der Waals surface area (Å²) < 4.78 is 5.40. The zero-order valence-corrected chi connectivity index (χ0v) is 22.0. The Balaban J connectivity index is 1.67. The van der Waals surface area contributed by atoms with E-state index in [2.05, 4.69) is 41.8 Å². The monoisotopic (exact) mass is 504 g/mol. The number of carbonyl (C=O) groups excluding carboxylic acids is 2. The fourth-order valence-corrected chi connectivity index (χ4v) is 5.30. The van der Waals surface area contributed by atoms with Gasteiger partial charge in [-0.2, -0.15) is 0 Å². The summed E-state index contributed by atoms with van der Waals surface area (Å²) in [5, 5.41) is 0.755. The Bertz CT molecular complexity index is 1240. The van der Waals surface area contributed by atoms with E-state index in [1.165, 1.54) is 12.5 Å². The van der Waals surface area contributed by atoms with E-state index in [4.69, 9.17) is 16.3 Å². The Hall–Kier alpha value is -2.99. The van der Waals surface area contributed by atoms with Gasteiger partial charge in [0.25, 0.3) is 0 Å². The molecule has 0 aliphatic carbocycles. The van der Waals surface area contributed by atoms with Crippen molar-refractivity contribution < 1.29 is 14.3 Å². The first kappa shape index (κ1) is 26.1. The van der Waals surface area contributed by atoms with Crippen LogP contribution in [0, 0.1) is 0 Å². The number of rotatable bonds is 7. The summed E-state index contributed by atoms with van der Waals surface area (Å²) >= 11 is 6.23. The molecule has 1 heterocycles. The summed E-state index contributed by atoms with van der Waals surface area (Å²) in [7, 11) is 0. The molecule has 0 saturated carbocycles. The topological polar surface area (TPSA) is 49.9 Å². The molecule has 6 heteroatoms. The summed E-state index contributed by atoms with van der Waals surface area (Å²) in [6.45, 7) is 10.1. The van der Waals surface area contributed by atoms with E-state index in [-0.39, 0.29) is 23.8 Å². The second kappa shape index (κ2) is 11.4. The van der Waals surface area contributed by atoms with Crippen molar-refractivity contribution in [3.05, 3.63) is 100 Å². The van der Waals surface area contributed by atoms with Crippen LogP contribution in [0.2, 0.25) is 5.02 Å². The predicted octanol–water partition coefficient (Wildman–Crippen LogP) is 6.15. The van der Waals surface area contributed by atoms with Crippen molar-refractivity contribution in [2.24, 2.45) is 0 Å². The van der Waals surface area contributed by atoms with E-state index < -0.39 is 0 Å². The number of hydrogen-bond donors (Lipinski definition) is 0. The molecule has 5 nitrogen and oxygen atoms in total. The third-order valence-electron chi connectivity index (χ3n) is 6.81. The molecular formula is C30H33ClN2O3. The Kier molecular flexibility index (Phi) is 8.24. The number of nitrogens with zero attached hydrogens (tertiary/aromatic N) is 2. The van der Waals surface area contributed by atoms with Crippen LogP contribution in [0.5, 0.6) is 5.75 Å². The maximum atomic E-state index is 12.2. The van der Waals surface area contributed by atoms with E-state index in [0.29, 0.717) is 17.4 Å². The molecule has 0 amide bonds. The Morgan fingerprint density at radius 3 is 2.31 bits per heavy atom. The third-order valence-corrected chi connectivity index (χ3v) is 7.05. The molecule has 0 radical (unpaired) electrons. The number of esters is 1. The summed E-state index contributed by atoms with van der Waals surface area (Å²) in [5.41, 5.74) is 3.96. The molecule has 1 aliphatic rings. The number of benzene rings is 3. The quantitative estimate of drug-likeness (QED) is 0.219. The van der Waals surface area contributed by atoms with Crippen molar-refractivity contribution in [1.82, 2.24) is 9.80 Å². The van der Waals surface area contributed by atoms with Gasteiger partial charge in [0, 0.05) is 49.2 Å². The highest BCUT2D eigenvalue weighted by molar-refractivity contribution is 6.30. The van der Waals surface area contributed by atoms with Crippen LogP contribution in [0.3, 0.4) is 0 Å². The highest BCUT2D eigenvalue weighted by Gasteiger charge is 2.35. The van der Waals surface area contributed by atoms with Crippen LogP contribution >= 0.6 is 11.6 Å². The van der Waals surface area contributed by atoms with Crippen LogP contribution in [0.4, 0.5) is 0 Å². The van der Waals surface area contributed by atoms with Crippen molar-refractivity contribution in [3.63, 3.8) is 0 Å². The lowest BCUT2D eigenvalue weighted by molar-refractivity contribution is -0.131. The van der Waals surface area contributed by atoms with Gasteiger partial charge in [-0.1, -0.05) is 54.1 Å². The average Bonchev–Trinajstić information content (AvgIpc) is 2.82. The number of hydrogen-bond acceptors (Lipinski definition) is 5. The van der Waals surface area contributed by atoms with Crippen molar-refractivity contribution in [2.75, 3.05) is 13.1 Å². The van der Waals surface area contributed by atoms with E-state index in [1.807, 2.05) is 48.5 Å². The smallest absolute Gasteiger partial charge is 0.308 e. The largest absolute Gasteiger partial charge is 0.427 e. The molecule has 36 heavy (non-hydrogen) atoms. The summed E-state index contributed by atoms with van der Waals surface area (Å²) in [4.78, 5) is 28.8. The number of piperazine rings is 1. The van der Waals surface area contributed by atoms with Gasteiger partial charge in [-0.15, -0.1) is 0 Å². The Morgan fingerprint density at radius 2 is 1.61 bits per heavy atom. The maximum absolute atomic E-state index is 12.2. The molecule has 1 saturated heterocycles. The van der Waals surface area contributed by atoms with E-state index in [1.54, 1.807) is 13.0 Å². The van der Waals surface area contributed by atoms with Gasteiger partial charge in [0.1, 0.15) is 5.75 Å². The van der Waals surface area contributed by atoms with Gasteiger partial charge in [0.05, 0.1) is 6.04 Å². The van der Waals surface area contributed by atoms with Crippen molar-refractivity contribution in [3.8, 4) is 5.75 Å². The molecule has 3 aromatic rings. The number of Topliss-reactive ketones (excluding diaryl/α,β-unsaturated/α-hetero) is 1. The first-order chi connectivity index (χ1) is 17.2. The SMILES string of the molecule is CC(=O)Oc1cccc(C(c2cccc(C(C)=O)c2)N2CC(C)N(Cc3cccc(Cl)c3)CC2C)c1. The molecular weight excluding hydrogens is 472 g/mol. The normalized spacial score (nSPS) is 19.6. The van der Waals surface area contributed by atoms with Crippen LogP contribution in [0.1, 0.15) is 60.8 Å². The molecule has 3 aromatic carbocycles. The first-order valence-corrected chi connectivity index (χ1v) is 12.7. The summed E-state index contributed by atoms with van der Waals surface area (Å²) in [6, 6.07) is 24.1. The van der Waals surface area contributed by atoms with Crippen LogP contribution in [0.15, 0.2) is 72.8 Å². The molecule has 1 aliphatic heterocycles. The van der Waals surface area contributed by atoms with E-state index in [0.717, 1.165) is 35.8 Å². The fraction of sp³-hybridized carbons (Fsp3) is 0.333. The summed E-state index contributed by atoms with van der Waals surface area (Å²) in [6.07, 6.45) is 0. The van der Waals surface area contributed by atoms with Gasteiger partial charge in [-0.3, -0.25) is 19.4 Å². The molecule has 0 aromatic heterocycles. The molecule has 1 fully saturated rings. The van der Waals surface area contributed by atoms with Crippen molar-refractivity contribution >= 4 is 23.4 Å². The average molecular weight is 505 g/mol. The minimum Gasteiger partial charge on any atom is -0.427 e. The van der Waals surface area contributed by atoms with Gasteiger partial charge in [-0.05, 0) is 67.8 Å². The maximum Gasteiger partial charge on any atom is 0.308 e. The number of carbonyl (C=O) groups is 2. The van der Waals surface area contributed by atoms with Crippen molar-refractivity contribution in [2.45, 2.75) is 52.4 Å². The second-order valence-electron chi connectivity index (χ2n) is 9.70. The number of ether oxygens (including phenoxy) is 1. The van der Waals surface area contributed by atoms with Crippen LogP contribution in [-0.2, 0) is 11.3 Å². The predicted molar refractivity (Wildman–Crippen MR) is 144 cm³/mol. The molecule has 188 valence electrons. The molecule has 0 bridgehead atoms. The lowest BCUT2D eigenvalue weighted by atomic mass is 9.92. The van der Waals surface area contributed by atoms with Gasteiger partial charge >= 0.3 is 5.97 Å². The molecule has 4 rings (SSSR count). The third kappa shape index (κ3) is 6.22. The molecule has 3 unspecified atom stereocenters. The van der Waals surface area contributed by atoms with E-state index in [9.17, 15) is 9.59 Å². The Morgan fingerprint density at radius 1 is 0.917 bits per heavy atom. The van der Waals surface area contributed by atoms with Gasteiger partial charge in [0.2, 0.25) is 0 Å². The Labute approximate surface area is 218 Å². The van der Waals surface area contributed by atoms with Gasteiger partial charge < -0.3 is 4.74 Å². The molecule has 0 spiro atoms. The lowest BCUT2D eigenvalue weighted by Gasteiger charge is -2.47. The van der Waals surface area contributed by atoms with Crippen LogP contribution < -0.4 is 4.74 Å². The standard InChI is InChI=1S/C30H33ClN2O3/c1-20-18-33(21(2)17-32(20)19-24-8-5-12-28(31)14-24)30(26-10-6-9-25(15-26)22(3)34)27-11-7-13-29(16-27)36-23(4)35/h5-16,20-21,30H,17-19H2,1-4H3. The van der Waals surface area contributed by atoms with Crippen LogP contribution in [-0.4, -0.2) is 46.7 Å². The zero-order valence-electron chi connectivity index (χ0n) is 21.3. The van der Waals surface area contributed by atoms with E-state index >= 15 is 0 Å². The fourth-order valence-electron chi connectivity index (χ4n) is 5.09. The number of halogens is 1. The first-order valence-electron chi connectivity index (χ1n) is 12.3. The summed E-state index contributed by atoms with van der Waals surface area (Å²) in [5.74, 6) is 0.212. The number of ketones is 1. The minimum atomic E-state index is -0.348. The van der Waals surface area contributed by atoms with Crippen molar-refractivity contribution in [1.29, 1.82) is 0 Å². The second-order valence-corrected chi connectivity index (χ2v) is 10.1. The van der Waals surface area contributed by atoms with Gasteiger partial charge in [0.15, 0.2) is 5.78 Å². The zero-order chi connectivity index (χ0) is 25.8. The van der Waals surface area contributed by atoms with Crippen LogP contribution in [0.25, 0.3) is 0 Å². The highest BCUT2D eigenvalue weighted by Crippen LogP contribution is 2.35. The highest BCUT2D eigenvalue weighted by atomic mass is 35.5. The minimum absolute atomic E-state index is 0.0389. The molecule has 3 atom stereocenters.